The Morgan fingerprint density at radius 2 is 1.85 bits per heavy atom. The van der Waals surface area contributed by atoms with E-state index in [0.717, 1.165) is 23.9 Å². The Hall–Kier alpha value is -0.0800. The zero-order valence-corrected chi connectivity index (χ0v) is 14.4. The van der Waals surface area contributed by atoms with Gasteiger partial charge in [-0.3, -0.25) is 4.90 Å². The molecule has 1 saturated carbocycles. The van der Waals surface area contributed by atoms with E-state index in [0.29, 0.717) is 5.41 Å². The van der Waals surface area contributed by atoms with E-state index >= 15 is 0 Å². The lowest BCUT2D eigenvalue weighted by atomic mass is 9.70. The third kappa shape index (κ3) is 4.21. The molecule has 0 aromatic heterocycles. The van der Waals surface area contributed by atoms with Crippen molar-refractivity contribution in [1.29, 1.82) is 0 Å². The second kappa shape index (κ2) is 6.79. The second-order valence-electron chi connectivity index (χ2n) is 8.45. The molecule has 2 nitrogen and oxygen atoms in total. The highest BCUT2D eigenvalue weighted by molar-refractivity contribution is 4.89. The number of likely N-dealkylation sites (tertiary alicyclic amines) is 1. The predicted molar refractivity (Wildman–Crippen MR) is 88.0 cm³/mol. The molecule has 118 valence electrons. The van der Waals surface area contributed by atoms with Crippen molar-refractivity contribution in [3.8, 4) is 0 Å². The molecule has 0 amide bonds. The molecule has 0 spiro atoms. The van der Waals surface area contributed by atoms with E-state index < -0.39 is 0 Å². The standard InChI is InChI=1S/C18H36N2/c1-14(2)17(20-10-6-7-11-20)13-19-16-8-9-18(4,5)12-15(16)3/h14-17,19H,6-13H2,1-5H3. The van der Waals surface area contributed by atoms with Crippen molar-refractivity contribution in [3.05, 3.63) is 0 Å². The van der Waals surface area contributed by atoms with Gasteiger partial charge in [-0.15, -0.1) is 0 Å². The van der Waals surface area contributed by atoms with E-state index in [-0.39, 0.29) is 0 Å². The maximum atomic E-state index is 3.93. The minimum atomic E-state index is 0.560. The molecular weight excluding hydrogens is 244 g/mol. The van der Waals surface area contributed by atoms with Crippen LogP contribution in [-0.2, 0) is 0 Å². The van der Waals surface area contributed by atoms with E-state index in [1.165, 1.54) is 51.7 Å². The van der Waals surface area contributed by atoms with Crippen molar-refractivity contribution < 1.29 is 0 Å². The second-order valence-corrected chi connectivity index (χ2v) is 8.45. The summed E-state index contributed by atoms with van der Waals surface area (Å²) in [5.41, 5.74) is 0.560. The molecule has 2 fully saturated rings. The van der Waals surface area contributed by atoms with Gasteiger partial charge in [-0.25, -0.2) is 0 Å². The topological polar surface area (TPSA) is 15.3 Å². The number of rotatable bonds is 5. The Morgan fingerprint density at radius 1 is 1.20 bits per heavy atom. The Labute approximate surface area is 126 Å². The SMILES string of the molecule is CC(C)C(CNC1CCC(C)(C)CC1C)N1CCCC1. The molecule has 3 unspecified atom stereocenters. The summed E-state index contributed by atoms with van der Waals surface area (Å²) in [6, 6.07) is 1.48. The van der Waals surface area contributed by atoms with Crippen LogP contribution in [0.4, 0.5) is 0 Å². The van der Waals surface area contributed by atoms with Crippen molar-refractivity contribution in [2.75, 3.05) is 19.6 Å². The third-order valence-corrected chi connectivity index (χ3v) is 5.66. The maximum absolute atomic E-state index is 3.93. The molecule has 0 radical (unpaired) electrons. The molecule has 1 aliphatic heterocycles. The third-order valence-electron chi connectivity index (χ3n) is 5.66. The van der Waals surface area contributed by atoms with Crippen LogP contribution in [0.25, 0.3) is 0 Å². The minimum absolute atomic E-state index is 0.560. The highest BCUT2D eigenvalue weighted by atomic mass is 15.2. The first-order chi connectivity index (χ1) is 9.39. The minimum Gasteiger partial charge on any atom is -0.312 e. The first-order valence-corrected chi connectivity index (χ1v) is 8.86. The van der Waals surface area contributed by atoms with Crippen LogP contribution in [0.15, 0.2) is 0 Å². The van der Waals surface area contributed by atoms with Crippen molar-refractivity contribution in [2.45, 2.75) is 78.8 Å². The summed E-state index contributed by atoms with van der Waals surface area (Å²) in [4.78, 5) is 2.72. The smallest absolute Gasteiger partial charge is 0.0243 e. The lowest BCUT2D eigenvalue weighted by Crippen LogP contribution is -2.49. The van der Waals surface area contributed by atoms with Gasteiger partial charge in [0.15, 0.2) is 0 Å². The normalized spacial score (nSPS) is 32.7. The summed E-state index contributed by atoms with van der Waals surface area (Å²) in [6.45, 7) is 15.9. The van der Waals surface area contributed by atoms with Gasteiger partial charge in [0.1, 0.15) is 0 Å². The first kappa shape index (κ1) is 16.3. The van der Waals surface area contributed by atoms with Gasteiger partial charge >= 0.3 is 0 Å². The van der Waals surface area contributed by atoms with E-state index in [4.69, 9.17) is 0 Å². The highest BCUT2D eigenvalue weighted by Crippen LogP contribution is 2.38. The fourth-order valence-corrected chi connectivity index (χ4v) is 4.38. The van der Waals surface area contributed by atoms with Crippen molar-refractivity contribution in [1.82, 2.24) is 10.2 Å². The average Bonchev–Trinajstić information content (AvgIpc) is 2.84. The van der Waals surface area contributed by atoms with Crippen LogP contribution >= 0.6 is 0 Å². The maximum Gasteiger partial charge on any atom is 0.0243 e. The molecule has 1 saturated heterocycles. The van der Waals surface area contributed by atoms with Gasteiger partial charge in [-0.1, -0.05) is 34.6 Å². The fourth-order valence-electron chi connectivity index (χ4n) is 4.38. The summed E-state index contributed by atoms with van der Waals surface area (Å²) < 4.78 is 0. The highest BCUT2D eigenvalue weighted by Gasteiger charge is 2.33. The van der Waals surface area contributed by atoms with E-state index in [2.05, 4.69) is 44.8 Å². The molecule has 0 aromatic carbocycles. The number of hydrogen-bond donors (Lipinski definition) is 1. The molecular formula is C18H36N2. The number of nitrogens with one attached hydrogen (secondary N) is 1. The molecule has 20 heavy (non-hydrogen) atoms. The monoisotopic (exact) mass is 280 g/mol. The van der Waals surface area contributed by atoms with Gasteiger partial charge in [0.2, 0.25) is 0 Å². The van der Waals surface area contributed by atoms with Gasteiger partial charge < -0.3 is 5.32 Å². The summed E-state index contributed by atoms with van der Waals surface area (Å²) in [6.07, 6.45) is 6.92. The van der Waals surface area contributed by atoms with Gasteiger partial charge in [-0.2, -0.15) is 0 Å². The lowest BCUT2D eigenvalue weighted by Gasteiger charge is -2.41. The summed E-state index contributed by atoms with van der Waals surface area (Å²) >= 11 is 0. The van der Waals surface area contributed by atoms with Crippen molar-refractivity contribution >= 4 is 0 Å². The number of nitrogens with zero attached hydrogens (tertiary/aromatic N) is 1. The molecule has 2 rings (SSSR count). The van der Waals surface area contributed by atoms with Crippen LogP contribution in [0.2, 0.25) is 0 Å². The first-order valence-electron chi connectivity index (χ1n) is 8.86. The zero-order valence-electron chi connectivity index (χ0n) is 14.4. The van der Waals surface area contributed by atoms with E-state index in [9.17, 15) is 0 Å². The molecule has 2 heteroatoms. The van der Waals surface area contributed by atoms with Crippen LogP contribution in [0.5, 0.6) is 0 Å². The van der Waals surface area contributed by atoms with Gasteiger partial charge in [0.05, 0.1) is 0 Å². The Balaban J connectivity index is 1.83. The Kier molecular flexibility index (Phi) is 5.53. The summed E-state index contributed by atoms with van der Waals surface area (Å²) in [5.74, 6) is 1.58. The van der Waals surface area contributed by atoms with Crippen molar-refractivity contribution in [2.24, 2.45) is 17.3 Å². The largest absolute Gasteiger partial charge is 0.312 e. The van der Waals surface area contributed by atoms with Gasteiger partial charge in [0.25, 0.3) is 0 Å². The Bertz CT molecular complexity index is 292. The van der Waals surface area contributed by atoms with E-state index in [1.807, 2.05) is 0 Å². The predicted octanol–water partition coefficient (Wildman–Crippen LogP) is 3.91. The van der Waals surface area contributed by atoms with Crippen LogP contribution < -0.4 is 5.32 Å². The lowest BCUT2D eigenvalue weighted by molar-refractivity contribution is 0.129. The van der Waals surface area contributed by atoms with Gasteiger partial charge in [0, 0.05) is 18.6 Å². The Morgan fingerprint density at radius 3 is 2.40 bits per heavy atom. The quantitative estimate of drug-likeness (QED) is 0.821. The zero-order chi connectivity index (χ0) is 14.8. The molecule has 0 aromatic rings. The van der Waals surface area contributed by atoms with Crippen LogP contribution in [0.3, 0.4) is 0 Å². The van der Waals surface area contributed by atoms with Crippen LogP contribution in [-0.4, -0.2) is 36.6 Å². The molecule has 3 atom stereocenters. The fraction of sp³-hybridized carbons (Fsp3) is 1.00. The number of hydrogen-bond acceptors (Lipinski definition) is 2. The molecule has 1 N–H and O–H groups in total. The van der Waals surface area contributed by atoms with Crippen molar-refractivity contribution in [3.63, 3.8) is 0 Å². The summed E-state index contributed by atoms with van der Waals surface area (Å²) in [5, 5.41) is 3.93. The average molecular weight is 281 g/mol. The molecule has 2 aliphatic rings. The van der Waals surface area contributed by atoms with Gasteiger partial charge in [-0.05, 0) is 62.4 Å². The van der Waals surface area contributed by atoms with Crippen LogP contribution in [0.1, 0.15) is 66.7 Å². The van der Waals surface area contributed by atoms with Crippen LogP contribution in [0, 0.1) is 17.3 Å². The molecule has 1 heterocycles. The molecule has 0 bridgehead atoms. The summed E-state index contributed by atoms with van der Waals surface area (Å²) in [7, 11) is 0. The molecule has 1 aliphatic carbocycles. The van der Waals surface area contributed by atoms with E-state index in [1.54, 1.807) is 0 Å².